The van der Waals surface area contributed by atoms with E-state index in [1.807, 2.05) is 0 Å². The van der Waals surface area contributed by atoms with Crippen LogP contribution in [0, 0.1) is 0 Å². The van der Waals surface area contributed by atoms with Gasteiger partial charge in [0.25, 0.3) is 0 Å². The molecule has 2 heteroatoms. The first-order valence-corrected chi connectivity index (χ1v) is 4.00. The van der Waals surface area contributed by atoms with Gasteiger partial charge in [0.2, 0.25) is 0 Å². The molecule has 0 aliphatic carbocycles. The molecular formula is C11H15FO. The molecule has 0 aromatic rings. The molecule has 0 spiro atoms. The van der Waals surface area contributed by atoms with Crippen molar-refractivity contribution in [2.45, 2.75) is 13.3 Å². The molecule has 0 saturated carbocycles. The predicted octanol–water partition coefficient (Wildman–Crippen LogP) is 2.91. The van der Waals surface area contributed by atoms with Gasteiger partial charge in [0.1, 0.15) is 5.83 Å². The Kier molecular flexibility index (Phi) is 5.00. The van der Waals surface area contributed by atoms with Crippen LogP contribution in [-0.2, 0) is 0 Å². The Bertz CT molecular complexity index is 261. The van der Waals surface area contributed by atoms with Crippen LogP contribution in [0.4, 0.5) is 4.39 Å². The highest BCUT2D eigenvalue weighted by molar-refractivity contribution is 5.39. The summed E-state index contributed by atoms with van der Waals surface area (Å²) in [5, 5.41) is 8.53. The summed E-state index contributed by atoms with van der Waals surface area (Å²) in [6.45, 7) is 12.4. The van der Waals surface area contributed by atoms with E-state index in [4.69, 9.17) is 5.11 Å². The quantitative estimate of drug-likeness (QED) is 0.648. The third-order valence-corrected chi connectivity index (χ3v) is 1.60. The summed E-state index contributed by atoms with van der Waals surface area (Å²) in [5.74, 6) is -0.443. The van der Waals surface area contributed by atoms with Crippen molar-refractivity contribution in [2.75, 3.05) is 6.61 Å². The zero-order valence-corrected chi connectivity index (χ0v) is 7.94. The predicted molar refractivity (Wildman–Crippen MR) is 54.0 cm³/mol. The molecule has 0 aromatic carbocycles. The first kappa shape index (κ1) is 11.8. The van der Waals surface area contributed by atoms with Crippen LogP contribution >= 0.6 is 0 Å². The van der Waals surface area contributed by atoms with Gasteiger partial charge in [0, 0.05) is 6.61 Å². The van der Waals surface area contributed by atoms with Crippen LogP contribution in [0.25, 0.3) is 0 Å². The summed E-state index contributed by atoms with van der Waals surface area (Å²) in [6, 6.07) is 0. The average Bonchev–Trinajstić information content (AvgIpc) is 2.04. The number of hydrogen-bond donors (Lipinski definition) is 1. The van der Waals surface area contributed by atoms with E-state index in [-0.39, 0.29) is 18.6 Å². The largest absolute Gasteiger partial charge is 0.396 e. The van der Waals surface area contributed by atoms with E-state index < -0.39 is 5.83 Å². The molecule has 72 valence electrons. The van der Waals surface area contributed by atoms with Crippen molar-refractivity contribution in [3.63, 3.8) is 0 Å². The summed E-state index contributed by atoms with van der Waals surface area (Å²) in [5.41, 5.74) is 1.54. The molecule has 0 radical (unpaired) electrons. The molecule has 0 bridgehead atoms. The highest BCUT2D eigenvalue weighted by Crippen LogP contribution is 2.17. The van der Waals surface area contributed by atoms with Crippen LogP contribution in [0.3, 0.4) is 0 Å². The Morgan fingerprint density at radius 3 is 2.31 bits per heavy atom. The minimum absolute atomic E-state index is 0.0976. The van der Waals surface area contributed by atoms with Gasteiger partial charge in [0.05, 0.1) is 0 Å². The number of allylic oxidation sites excluding steroid dienone is 4. The number of aliphatic hydroxyl groups is 1. The van der Waals surface area contributed by atoms with Gasteiger partial charge in [-0.05, 0) is 30.6 Å². The Balaban J connectivity index is 4.40. The number of rotatable bonds is 5. The molecule has 0 atom stereocenters. The Morgan fingerprint density at radius 2 is 1.92 bits per heavy atom. The molecule has 0 rings (SSSR count). The highest BCUT2D eigenvalue weighted by Gasteiger charge is 2.01. The second-order valence-corrected chi connectivity index (χ2v) is 2.88. The highest BCUT2D eigenvalue weighted by atomic mass is 19.1. The fourth-order valence-electron chi connectivity index (χ4n) is 0.633. The van der Waals surface area contributed by atoms with Gasteiger partial charge in [-0.1, -0.05) is 25.3 Å². The van der Waals surface area contributed by atoms with Gasteiger partial charge in [-0.25, -0.2) is 4.39 Å². The van der Waals surface area contributed by atoms with Crippen LogP contribution in [0.5, 0.6) is 0 Å². The minimum Gasteiger partial charge on any atom is -0.396 e. The molecule has 1 nitrogen and oxygen atoms in total. The number of halogens is 1. The lowest BCUT2D eigenvalue weighted by molar-refractivity contribution is 0.298. The van der Waals surface area contributed by atoms with E-state index in [2.05, 4.69) is 19.7 Å². The molecule has 0 aliphatic rings. The maximum absolute atomic E-state index is 13.1. The van der Waals surface area contributed by atoms with Gasteiger partial charge >= 0.3 is 0 Å². The molecule has 13 heavy (non-hydrogen) atoms. The van der Waals surface area contributed by atoms with Gasteiger partial charge in [-0.2, -0.15) is 0 Å². The smallest absolute Gasteiger partial charge is 0.126 e. The van der Waals surface area contributed by atoms with Crippen molar-refractivity contribution in [3.05, 3.63) is 48.4 Å². The molecule has 1 N–H and O–H groups in total. The Labute approximate surface area is 78.6 Å². The van der Waals surface area contributed by atoms with Crippen LogP contribution in [-0.4, -0.2) is 11.7 Å². The summed E-state index contributed by atoms with van der Waals surface area (Å²) in [6.07, 6.45) is 1.52. The maximum atomic E-state index is 13.1. The van der Waals surface area contributed by atoms with E-state index in [1.54, 1.807) is 6.92 Å². The number of aliphatic hydroxyl groups excluding tert-OH is 1. The van der Waals surface area contributed by atoms with E-state index in [0.717, 1.165) is 0 Å². The van der Waals surface area contributed by atoms with Crippen LogP contribution in [0.15, 0.2) is 48.4 Å². The zero-order valence-electron chi connectivity index (χ0n) is 7.94. The topological polar surface area (TPSA) is 20.2 Å². The van der Waals surface area contributed by atoms with Crippen molar-refractivity contribution in [2.24, 2.45) is 0 Å². The van der Waals surface area contributed by atoms with Gasteiger partial charge in [-0.15, -0.1) is 0 Å². The van der Waals surface area contributed by atoms with E-state index in [9.17, 15) is 4.39 Å². The van der Waals surface area contributed by atoms with Gasteiger partial charge in [-0.3, -0.25) is 0 Å². The minimum atomic E-state index is -0.443. The van der Waals surface area contributed by atoms with Gasteiger partial charge in [0.15, 0.2) is 0 Å². The Morgan fingerprint density at radius 1 is 1.38 bits per heavy atom. The fraction of sp³-hybridized carbons (Fsp3) is 0.273. The first-order valence-electron chi connectivity index (χ1n) is 4.00. The van der Waals surface area contributed by atoms with E-state index >= 15 is 0 Å². The van der Waals surface area contributed by atoms with Crippen molar-refractivity contribution >= 4 is 0 Å². The third kappa shape index (κ3) is 4.43. The van der Waals surface area contributed by atoms with E-state index in [0.29, 0.717) is 11.1 Å². The summed E-state index contributed by atoms with van der Waals surface area (Å²) >= 11 is 0. The van der Waals surface area contributed by atoms with Crippen LogP contribution in [0.2, 0.25) is 0 Å². The summed E-state index contributed by atoms with van der Waals surface area (Å²) in [4.78, 5) is 0. The molecule has 0 unspecified atom stereocenters. The SMILES string of the molecule is C=C(C)C(=C)/C=C(/F)C(=C)CCO. The normalized spacial score (nSPS) is 11.2. The van der Waals surface area contributed by atoms with Crippen molar-refractivity contribution in [3.8, 4) is 0 Å². The molecule has 0 heterocycles. The molecule has 0 aromatic heterocycles. The lowest BCUT2D eigenvalue weighted by Gasteiger charge is -2.01. The van der Waals surface area contributed by atoms with Crippen LogP contribution in [0.1, 0.15) is 13.3 Å². The van der Waals surface area contributed by atoms with Gasteiger partial charge < -0.3 is 5.11 Å². The lowest BCUT2D eigenvalue weighted by atomic mass is 10.1. The maximum Gasteiger partial charge on any atom is 0.126 e. The molecule has 0 saturated heterocycles. The van der Waals surface area contributed by atoms with Crippen molar-refractivity contribution < 1.29 is 9.50 Å². The van der Waals surface area contributed by atoms with Crippen LogP contribution < -0.4 is 0 Å². The average molecular weight is 182 g/mol. The Hall–Kier alpha value is -1.15. The molecule has 0 amide bonds. The molecule has 0 aliphatic heterocycles. The second-order valence-electron chi connectivity index (χ2n) is 2.88. The first-order chi connectivity index (χ1) is 5.99. The standard InChI is InChI=1S/C11H15FO/c1-8(2)10(4)7-11(12)9(3)5-6-13/h7,13H,1,3-6H2,2H3/b11-7+. The zero-order chi connectivity index (χ0) is 10.4. The lowest BCUT2D eigenvalue weighted by Crippen LogP contribution is -1.89. The third-order valence-electron chi connectivity index (χ3n) is 1.60. The second kappa shape index (κ2) is 5.49. The monoisotopic (exact) mass is 182 g/mol. The number of hydrogen-bond acceptors (Lipinski definition) is 1. The summed E-state index contributed by atoms with van der Waals surface area (Å²) < 4.78 is 13.1. The van der Waals surface area contributed by atoms with Crippen molar-refractivity contribution in [1.82, 2.24) is 0 Å². The molecular weight excluding hydrogens is 167 g/mol. The van der Waals surface area contributed by atoms with E-state index in [1.165, 1.54) is 6.08 Å². The molecule has 0 fully saturated rings. The summed E-state index contributed by atoms with van der Waals surface area (Å²) in [7, 11) is 0. The van der Waals surface area contributed by atoms with Crippen molar-refractivity contribution in [1.29, 1.82) is 0 Å². The fourth-order valence-corrected chi connectivity index (χ4v) is 0.633.